The quantitative estimate of drug-likeness (QED) is 0.879. The van der Waals surface area contributed by atoms with E-state index in [-0.39, 0.29) is 23.9 Å². The topological polar surface area (TPSA) is 50.4 Å². The van der Waals surface area contributed by atoms with Gasteiger partial charge in [-0.15, -0.1) is 0 Å². The molecule has 1 fully saturated rings. The molecule has 1 aliphatic heterocycles. The van der Waals surface area contributed by atoms with Gasteiger partial charge < -0.3 is 15.4 Å². The van der Waals surface area contributed by atoms with Gasteiger partial charge in [0.1, 0.15) is 0 Å². The fourth-order valence-corrected chi connectivity index (χ4v) is 1.94. The van der Waals surface area contributed by atoms with Gasteiger partial charge in [0.25, 0.3) is 6.43 Å². The van der Waals surface area contributed by atoms with Gasteiger partial charge in [-0.1, -0.05) is 12.1 Å². The summed E-state index contributed by atoms with van der Waals surface area (Å²) in [5.74, 6) is -0.214. The first-order valence-electron chi connectivity index (χ1n) is 6.14. The van der Waals surface area contributed by atoms with Crippen molar-refractivity contribution in [2.75, 3.05) is 25.1 Å². The lowest BCUT2D eigenvalue weighted by atomic mass is 10.1. The van der Waals surface area contributed by atoms with E-state index in [4.69, 9.17) is 4.74 Å². The van der Waals surface area contributed by atoms with Gasteiger partial charge in [0.15, 0.2) is 0 Å². The fraction of sp³-hybridized carbons (Fsp3) is 0.462. The summed E-state index contributed by atoms with van der Waals surface area (Å²) < 4.78 is 30.3. The van der Waals surface area contributed by atoms with E-state index in [1.54, 1.807) is 6.07 Å². The summed E-state index contributed by atoms with van der Waals surface area (Å²) in [4.78, 5) is 11.8. The molecule has 0 radical (unpaired) electrons. The molecule has 1 amide bonds. The van der Waals surface area contributed by atoms with E-state index in [1.165, 1.54) is 18.2 Å². The molecule has 1 atom stereocenters. The lowest BCUT2D eigenvalue weighted by Crippen LogP contribution is -2.43. The van der Waals surface area contributed by atoms with E-state index in [1.807, 2.05) is 0 Å². The number of ether oxygens (including phenoxy) is 1. The summed E-state index contributed by atoms with van der Waals surface area (Å²) in [5.41, 5.74) is 0.288. The lowest BCUT2D eigenvalue weighted by molar-refractivity contribution is -0.117. The third-order valence-corrected chi connectivity index (χ3v) is 2.85. The number of carbonyl (C=O) groups is 1. The Hall–Kier alpha value is -1.53. The third-order valence-electron chi connectivity index (χ3n) is 2.85. The molecule has 0 aromatic heterocycles. The van der Waals surface area contributed by atoms with E-state index in [9.17, 15) is 13.6 Å². The Morgan fingerprint density at radius 3 is 3.05 bits per heavy atom. The molecule has 0 spiro atoms. The van der Waals surface area contributed by atoms with E-state index in [2.05, 4.69) is 10.6 Å². The van der Waals surface area contributed by atoms with Crippen LogP contribution in [0, 0.1) is 0 Å². The smallest absolute Gasteiger partial charge is 0.263 e. The molecule has 1 unspecified atom stereocenters. The van der Waals surface area contributed by atoms with E-state index in [0.29, 0.717) is 18.9 Å². The molecule has 1 saturated heterocycles. The minimum atomic E-state index is -2.54. The van der Waals surface area contributed by atoms with Gasteiger partial charge in [-0.2, -0.15) is 0 Å². The number of morpholine rings is 1. The number of hydrogen-bond acceptors (Lipinski definition) is 3. The number of rotatable bonds is 4. The Bertz CT molecular complexity index is 434. The van der Waals surface area contributed by atoms with Crippen LogP contribution in [0.25, 0.3) is 0 Å². The van der Waals surface area contributed by atoms with Crippen molar-refractivity contribution in [3.8, 4) is 0 Å². The molecule has 0 aliphatic carbocycles. The van der Waals surface area contributed by atoms with Crippen LogP contribution in [0.4, 0.5) is 14.5 Å². The van der Waals surface area contributed by atoms with E-state index < -0.39 is 6.43 Å². The second-order valence-corrected chi connectivity index (χ2v) is 4.40. The predicted molar refractivity (Wildman–Crippen MR) is 67.3 cm³/mol. The molecule has 1 aromatic rings. The number of benzene rings is 1. The number of carbonyl (C=O) groups excluding carboxylic acids is 1. The number of amides is 1. The zero-order valence-corrected chi connectivity index (χ0v) is 10.4. The molecular weight excluding hydrogens is 254 g/mol. The maximum absolute atomic E-state index is 12.5. The monoisotopic (exact) mass is 270 g/mol. The Morgan fingerprint density at radius 2 is 2.37 bits per heavy atom. The molecule has 1 aliphatic rings. The zero-order chi connectivity index (χ0) is 13.7. The van der Waals surface area contributed by atoms with Crippen LogP contribution in [0.15, 0.2) is 24.3 Å². The van der Waals surface area contributed by atoms with Crippen molar-refractivity contribution in [1.29, 1.82) is 0 Å². The van der Waals surface area contributed by atoms with Crippen LogP contribution in [0.2, 0.25) is 0 Å². The van der Waals surface area contributed by atoms with Crippen molar-refractivity contribution in [3.63, 3.8) is 0 Å². The van der Waals surface area contributed by atoms with Gasteiger partial charge in [0.2, 0.25) is 5.91 Å². The second-order valence-electron chi connectivity index (χ2n) is 4.40. The summed E-state index contributed by atoms with van der Waals surface area (Å²) in [6, 6.07) is 5.68. The lowest BCUT2D eigenvalue weighted by Gasteiger charge is -2.23. The number of alkyl halides is 2. The van der Waals surface area contributed by atoms with Crippen LogP contribution in [0.3, 0.4) is 0 Å². The predicted octanol–water partition coefficient (Wildman–Crippen LogP) is 1.94. The standard InChI is InChI=1S/C13H16F2N2O2/c14-13(15)9-2-1-3-10(6-9)17-12(18)7-11-8-19-5-4-16-11/h1-3,6,11,13,16H,4-5,7-8H2,(H,17,18). The highest BCUT2D eigenvalue weighted by Crippen LogP contribution is 2.21. The molecule has 0 saturated carbocycles. The van der Waals surface area contributed by atoms with Crippen molar-refractivity contribution in [2.45, 2.75) is 18.9 Å². The van der Waals surface area contributed by atoms with Gasteiger partial charge >= 0.3 is 0 Å². The summed E-state index contributed by atoms with van der Waals surface area (Å²) >= 11 is 0. The maximum Gasteiger partial charge on any atom is 0.263 e. The number of hydrogen-bond donors (Lipinski definition) is 2. The Balaban J connectivity index is 1.89. The van der Waals surface area contributed by atoms with Gasteiger partial charge in [-0.3, -0.25) is 4.79 Å². The molecule has 6 heteroatoms. The molecule has 1 heterocycles. The van der Waals surface area contributed by atoms with Crippen molar-refractivity contribution in [2.24, 2.45) is 0 Å². The van der Waals surface area contributed by atoms with Crippen LogP contribution in [0.1, 0.15) is 18.4 Å². The van der Waals surface area contributed by atoms with Crippen LogP contribution in [-0.4, -0.2) is 31.7 Å². The molecule has 4 nitrogen and oxygen atoms in total. The summed E-state index contributed by atoms with van der Waals surface area (Å²) in [6.45, 7) is 1.86. The van der Waals surface area contributed by atoms with Crippen LogP contribution < -0.4 is 10.6 Å². The fourth-order valence-electron chi connectivity index (χ4n) is 1.94. The largest absolute Gasteiger partial charge is 0.378 e. The van der Waals surface area contributed by atoms with Gasteiger partial charge in [-0.05, 0) is 12.1 Å². The Labute approximate surface area is 110 Å². The minimum absolute atomic E-state index is 0.0213. The molecule has 0 bridgehead atoms. The Kier molecular flexibility index (Phi) is 4.81. The average Bonchev–Trinajstić information content (AvgIpc) is 2.40. The van der Waals surface area contributed by atoms with Gasteiger partial charge in [-0.25, -0.2) is 8.78 Å². The maximum atomic E-state index is 12.5. The van der Waals surface area contributed by atoms with Gasteiger partial charge in [0, 0.05) is 30.3 Å². The highest BCUT2D eigenvalue weighted by Gasteiger charge is 2.17. The van der Waals surface area contributed by atoms with Crippen molar-refractivity contribution in [3.05, 3.63) is 29.8 Å². The number of anilines is 1. The average molecular weight is 270 g/mol. The number of nitrogens with one attached hydrogen (secondary N) is 2. The highest BCUT2D eigenvalue weighted by atomic mass is 19.3. The summed E-state index contributed by atoms with van der Waals surface area (Å²) in [5, 5.41) is 5.78. The Morgan fingerprint density at radius 1 is 1.53 bits per heavy atom. The molecular formula is C13H16F2N2O2. The number of halogens is 2. The highest BCUT2D eigenvalue weighted by molar-refractivity contribution is 5.91. The zero-order valence-electron chi connectivity index (χ0n) is 10.4. The summed E-state index contributed by atoms with van der Waals surface area (Å²) in [6.07, 6.45) is -2.27. The van der Waals surface area contributed by atoms with Crippen molar-refractivity contribution < 1.29 is 18.3 Å². The first-order valence-corrected chi connectivity index (χ1v) is 6.14. The van der Waals surface area contributed by atoms with Crippen LogP contribution in [0.5, 0.6) is 0 Å². The van der Waals surface area contributed by atoms with Crippen molar-refractivity contribution in [1.82, 2.24) is 5.32 Å². The van der Waals surface area contributed by atoms with Crippen LogP contribution >= 0.6 is 0 Å². The van der Waals surface area contributed by atoms with Gasteiger partial charge in [0.05, 0.1) is 13.2 Å². The first-order chi connectivity index (χ1) is 9.15. The molecule has 104 valence electrons. The van der Waals surface area contributed by atoms with Crippen molar-refractivity contribution >= 4 is 11.6 Å². The first kappa shape index (κ1) is 13.9. The molecule has 19 heavy (non-hydrogen) atoms. The molecule has 2 N–H and O–H groups in total. The SMILES string of the molecule is O=C(CC1COCCN1)Nc1cccc(C(F)F)c1. The summed E-state index contributed by atoms with van der Waals surface area (Å²) in [7, 11) is 0. The molecule has 2 rings (SSSR count). The second kappa shape index (κ2) is 6.58. The molecule has 1 aromatic carbocycles. The van der Waals surface area contributed by atoms with E-state index in [0.717, 1.165) is 6.54 Å². The normalized spacial score (nSPS) is 19.4. The van der Waals surface area contributed by atoms with Crippen LogP contribution in [-0.2, 0) is 9.53 Å². The van der Waals surface area contributed by atoms with E-state index >= 15 is 0 Å². The minimum Gasteiger partial charge on any atom is -0.378 e. The third kappa shape index (κ3) is 4.25.